The van der Waals surface area contributed by atoms with Crippen LogP contribution in [0.1, 0.15) is 40.0 Å². The topological polar surface area (TPSA) is 92.4 Å². The number of hydrogen-bond donors (Lipinski definition) is 3. The van der Waals surface area contributed by atoms with E-state index in [0.717, 1.165) is 6.42 Å². The summed E-state index contributed by atoms with van der Waals surface area (Å²) in [5.41, 5.74) is 5.77. The molecular weight excluding hydrogens is 220 g/mol. The number of carbonyl (C=O) groups is 2. The highest BCUT2D eigenvalue weighted by Crippen LogP contribution is 2.07. The second-order valence-corrected chi connectivity index (χ2v) is 4.69. The van der Waals surface area contributed by atoms with Gasteiger partial charge in [-0.3, -0.25) is 9.59 Å². The van der Waals surface area contributed by atoms with E-state index < -0.39 is 12.0 Å². The monoisotopic (exact) mass is 244 g/mol. The first-order chi connectivity index (χ1) is 7.88. The number of amides is 1. The molecule has 0 radical (unpaired) electrons. The van der Waals surface area contributed by atoms with Crippen molar-refractivity contribution in [1.82, 2.24) is 5.32 Å². The second kappa shape index (κ2) is 8.06. The average molecular weight is 244 g/mol. The number of rotatable bonds is 8. The molecule has 0 aromatic carbocycles. The SMILES string of the molecule is CCC(C)[C@H](N)C(=O)NCC(C)CCC(=O)O. The van der Waals surface area contributed by atoms with E-state index in [9.17, 15) is 9.59 Å². The van der Waals surface area contributed by atoms with Gasteiger partial charge in [-0.25, -0.2) is 0 Å². The van der Waals surface area contributed by atoms with Crippen LogP contribution in [-0.4, -0.2) is 29.6 Å². The Morgan fingerprint density at radius 3 is 2.41 bits per heavy atom. The standard InChI is InChI=1S/C12H24N2O3/c1-4-9(3)11(13)12(17)14-7-8(2)5-6-10(15)16/h8-9,11H,4-7,13H2,1-3H3,(H,14,17)(H,15,16)/t8?,9?,11-/m0/s1. The molecule has 0 rings (SSSR count). The number of carboxylic acid groups (broad SMARTS) is 1. The minimum Gasteiger partial charge on any atom is -0.481 e. The van der Waals surface area contributed by atoms with Crippen molar-refractivity contribution in [2.75, 3.05) is 6.54 Å². The van der Waals surface area contributed by atoms with Crippen molar-refractivity contribution in [1.29, 1.82) is 0 Å². The number of nitrogens with two attached hydrogens (primary N) is 1. The van der Waals surface area contributed by atoms with E-state index in [2.05, 4.69) is 5.32 Å². The molecule has 4 N–H and O–H groups in total. The van der Waals surface area contributed by atoms with Crippen LogP contribution in [0.2, 0.25) is 0 Å². The van der Waals surface area contributed by atoms with Gasteiger partial charge in [0.15, 0.2) is 0 Å². The van der Waals surface area contributed by atoms with Crippen LogP contribution in [0.15, 0.2) is 0 Å². The van der Waals surface area contributed by atoms with Gasteiger partial charge in [-0.15, -0.1) is 0 Å². The van der Waals surface area contributed by atoms with Crippen LogP contribution in [0.5, 0.6) is 0 Å². The quantitative estimate of drug-likeness (QED) is 0.593. The summed E-state index contributed by atoms with van der Waals surface area (Å²) in [6.45, 7) is 6.33. The molecular formula is C12H24N2O3. The first-order valence-corrected chi connectivity index (χ1v) is 6.13. The van der Waals surface area contributed by atoms with Gasteiger partial charge in [0.05, 0.1) is 6.04 Å². The molecule has 0 bridgehead atoms. The lowest BCUT2D eigenvalue weighted by atomic mass is 9.99. The number of nitrogens with one attached hydrogen (secondary N) is 1. The molecule has 5 nitrogen and oxygen atoms in total. The van der Waals surface area contributed by atoms with Gasteiger partial charge in [0.2, 0.25) is 5.91 Å². The maximum Gasteiger partial charge on any atom is 0.303 e. The third-order valence-corrected chi connectivity index (χ3v) is 3.04. The van der Waals surface area contributed by atoms with Gasteiger partial charge in [0.1, 0.15) is 0 Å². The van der Waals surface area contributed by atoms with Crippen LogP contribution in [0.25, 0.3) is 0 Å². The Kier molecular flexibility index (Phi) is 7.54. The van der Waals surface area contributed by atoms with E-state index in [1.807, 2.05) is 20.8 Å². The summed E-state index contributed by atoms with van der Waals surface area (Å²) in [4.78, 5) is 22.0. The molecule has 0 aliphatic heterocycles. The molecule has 0 fully saturated rings. The highest BCUT2D eigenvalue weighted by molar-refractivity contribution is 5.81. The zero-order chi connectivity index (χ0) is 13.4. The average Bonchev–Trinajstić information content (AvgIpc) is 2.31. The molecule has 0 aromatic heterocycles. The van der Waals surface area contributed by atoms with E-state index in [1.54, 1.807) is 0 Å². The van der Waals surface area contributed by atoms with Crippen molar-refractivity contribution < 1.29 is 14.7 Å². The number of aliphatic carboxylic acids is 1. The van der Waals surface area contributed by atoms with Crippen molar-refractivity contribution in [3.8, 4) is 0 Å². The Balaban J connectivity index is 3.86. The maximum absolute atomic E-state index is 11.6. The van der Waals surface area contributed by atoms with Crippen LogP contribution in [0, 0.1) is 11.8 Å². The molecule has 0 aromatic rings. The zero-order valence-corrected chi connectivity index (χ0v) is 10.9. The number of hydrogen-bond acceptors (Lipinski definition) is 3. The van der Waals surface area contributed by atoms with Crippen LogP contribution in [-0.2, 0) is 9.59 Å². The Morgan fingerprint density at radius 1 is 1.35 bits per heavy atom. The van der Waals surface area contributed by atoms with Crippen molar-refractivity contribution in [3.05, 3.63) is 0 Å². The van der Waals surface area contributed by atoms with E-state index in [-0.39, 0.29) is 24.2 Å². The Morgan fingerprint density at radius 2 is 1.94 bits per heavy atom. The Labute approximate surface area is 103 Å². The Bertz CT molecular complexity index is 256. The minimum absolute atomic E-state index is 0.133. The lowest BCUT2D eigenvalue weighted by Gasteiger charge is -2.19. The minimum atomic E-state index is -0.806. The van der Waals surface area contributed by atoms with Gasteiger partial charge in [-0.05, 0) is 18.3 Å². The fraction of sp³-hybridized carbons (Fsp3) is 0.833. The molecule has 0 spiro atoms. The molecule has 3 atom stereocenters. The fourth-order valence-corrected chi connectivity index (χ4v) is 1.38. The second-order valence-electron chi connectivity index (χ2n) is 4.69. The van der Waals surface area contributed by atoms with E-state index in [1.165, 1.54) is 0 Å². The zero-order valence-electron chi connectivity index (χ0n) is 10.9. The summed E-state index contributed by atoms with van der Waals surface area (Å²) in [6.07, 6.45) is 1.56. The largest absolute Gasteiger partial charge is 0.481 e. The fourth-order valence-electron chi connectivity index (χ4n) is 1.38. The predicted octanol–water partition coefficient (Wildman–Crippen LogP) is 0.977. The summed E-state index contributed by atoms with van der Waals surface area (Å²) in [7, 11) is 0. The first-order valence-electron chi connectivity index (χ1n) is 6.13. The highest BCUT2D eigenvalue weighted by atomic mass is 16.4. The summed E-state index contributed by atoms with van der Waals surface area (Å²) in [6, 6.07) is -0.480. The molecule has 0 heterocycles. The normalized spacial score (nSPS) is 16.0. The predicted molar refractivity (Wildman–Crippen MR) is 66.5 cm³/mol. The summed E-state index contributed by atoms with van der Waals surface area (Å²) >= 11 is 0. The summed E-state index contributed by atoms with van der Waals surface area (Å²) < 4.78 is 0. The molecule has 0 saturated heterocycles. The van der Waals surface area contributed by atoms with Crippen LogP contribution in [0.3, 0.4) is 0 Å². The van der Waals surface area contributed by atoms with E-state index >= 15 is 0 Å². The third kappa shape index (κ3) is 6.94. The van der Waals surface area contributed by atoms with Crippen LogP contribution >= 0.6 is 0 Å². The van der Waals surface area contributed by atoms with Crippen molar-refractivity contribution in [3.63, 3.8) is 0 Å². The van der Waals surface area contributed by atoms with Crippen LogP contribution in [0.4, 0.5) is 0 Å². The summed E-state index contributed by atoms with van der Waals surface area (Å²) in [5.74, 6) is -0.649. The molecule has 5 heteroatoms. The lowest BCUT2D eigenvalue weighted by molar-refractivity contribution is -0.137. The van der Waals surface area contributed by atoms with Gasteiger partial charge in [-0.1, -0.05) is 27.2 Å². The number of carbonyl (C=O) groups excluding carboxylic acids is 1. The molecule has 0 aliphatic rings. The molecule has 2 unspecified atom stereocenters. The Hall–Kier alpha value is -1.10. The van der Waals surface area contributed by atoms with Gasteiger partial charge in [0.25, 0.3) is 0 Å². The first kappa shape index (κ1) is 15.9. The molecule has 17 heavy (non-hydrogen) atoms. The summed E-state index contributed by atoms with van der Waals surface area (Å²) in [5, 5.41) is 11.3. The van der Waals surface area contributed by atoms with Gasteiger partial charge >= 0.3 is 5.97 Å². The molecule has 1 amide bonds. The van der Waals surface area contributed by atoms with Crippen molar-refractivity contribution in [2.45, 2.75) is 46.1 Å². The third-order valence-electron chi connectivity index (χ3n) is 3.04. The van der Waals surface area contributed by atoms with Gasteiger partial charge in [0, 0.05) is 13.0 Å². The van der Waals surface area contributed by atoms with Gasteiger partial charge < -0.3 is 16.2 Å². The van der Waals surface area contributed by atoms with Crippen LogP contribution < -0.4 is 11.1 Å². The van der Waals surface area contributed by atoms with Crippen molar-refractivity contribution in [2.24, 2.45) is 17.6 Å². The number of carboxylic acids is 1. The lowest BCUT2D eigenvalue weighted by Crippen LogP contribution is -2.45. The molecule has 100 valence electrons. The molecule has 0 aliphatic carbocycles. The smallest absolute Gasteiger partial charge is 0.303 e. The van der Waals surface area contributed by atoms with Crippen molar-refractivity contribution >= 4 is 11.9 Å². The van der Waals surface area contributed by atoms with Gasteiger partial charge in [-0.2, -0.15) is 0 Å². The highest BCUT2D eigenvalue weighted by Gasteiger charge is 2.19. The van der Waals surface area contributed by atoms with E-state index in [4.69, 9.17) is 10.8 Å². The molecule has 0 saturated carbocycles. The maximum atomic E-state index is 11.6. The van der Waals surface area contributed by atoms with E-state index in [0.29, 0.717) is 13.0 Å².